The smallest absolute Gasteiger partial charge is 0.316 e. The molecule has 1 atom stereocenters. The molecule has 0 saturated heterocycles. The first kappa shape index (κ1) is 21.7. The molecule has 0 aromatic carbocycles. The highest BCUT2D eigenvalue weighted by Gasteiger charge is 2.34. The maximum Gasteiger partial charge on any atom is 0.316 e. The average Bonchev–Trinajstić information content (AvgIpc) is 3.49. The Hall–Kier alpha value is -2.56. The largest absolute Gasteiger partial charge is 0.455 e. The molecule has 3 aromatic rings. The van der Waals surface area contributed by atoms with Crippen molar-refractivity contribution >= 4 is 52.0 Å². The van der Waals surface area contributed by atoms with Gasteiger partial charge in [-0.1, -0.05) is 23.9 Å². The van der Waals surface area contributed by atoms with E-state index in [1.807, 2.05) is 54.9 Å². The van der Waals surface area contributed by atoms with Crippen LogP contribution in [0.3, 0.4) is 0 Å². The van der Waals surface area contributed by atoms with Gasteiger partial charge in [0, 0.05) is 22.7 Å². The van der Waals surface area contributed by atoms with E-state index in [0.717, 1.165) is 26.9 Å². The van der Waals surface area contributed by atoms with Gasteiger partial charge in [0.1, 0.15) is 0 Å². The highest BCUT2D eigenvalue weighted by molar-refractivity contribution is 7.99. The second-order valence-corrected chi connectivity index (χ2v) is 9.75. The number of aromatic nitrogens is 2. The van der Waals surface area contributed by atoms with E-state index in [2.05, 4.69) is 15.1 Å². The number of esters is 1. The van der Waals surface area contributed by atoms with Crippen LogP contribution in [0.5, 0.6) is 0 Å². The molecule has 3 aromatic heterocycles. The summed E-state index contributed by atoms with van der Waals surface area (Å²) in [5, 5.41) is 10.5. The van der Waals surface area contributed by atoms with Crippen LogP contribution in [0.1, 0.15) is 33.6 Å². The summed E-state index contributed by atoms with van der Waals surface area (Å²) < 4.78 is 5.22. The van der Waals surface area contributed by atoms with Crippen LogP contribution in [-0.4, -0.2) is 44.9 Å². The number of amides is 1. The van der Waals surface area contributed by atoms with Crippen molar-refractivity contribution < 1.29 is 14.3 Å². The summed E-state index contributed by atoms with van der Waals surface area (Å²) in [6, 6.07) is 9.60. The van der Waals surface area contributed by atoms with Crippen molar-refractivity contribution in [2.75, 3.05) is 12.4 Å². The predicted molar refractivity (Wildman–Crippen MR) is 123 cm³/mol. The molecule has 1 unspecified atom stereocenters. The molecule has 1 amide bonds. The topological polar surface area (TPSA) is 84.8 Å². The van der Waals surface area contributed by atoms with Crippen LogP contribution < -0.4 is 0 Å². The first-order valence-electron chi connectivity index (χ1n) is 9.57. The Balaban J connectivity index is 1.37. The number of nitrogens with zero attached hydrogens (tertiary/aromatic N) is 4. The Bertz CT molecular complexity index is 1080. The van der Waals surface area contributed by atoms with Crippen molar-refractivity contribution in [1.82, 2.24) is 15.0 Å². The zero-order chi connectivity index (χ0) is 21.8. The van der Waals surface area contributed by atoms with Crippen LogP contribution in [-0.2, 0) is 14.3 Å². The fourth-order valence-electron chi connectivity index (χ4n) is 3.17. The zero-order valence-electron chi connectivity index (χ0n) is 17.0. The molecule has 0 N–H and O–H groups in total. The van der Waals surface area contributed by atoms with Gasteiger partial charge in [0.25, 0.3) is 5.91 Å². The molecule has 160 valence electrons. The SMILES string of the molecule is Cc1cc(C)nc(SCC(=O)OCC(=O)N2N=C(c3cccs3)CC2c2cccs2)n1. The van der Waals surface area contributed by atoms with E-state index in [-0.39, 0.29) is 24.3 Å². The predicted octanol–water partition coefficient (Wildman–Crippen LogP) is 4.23. The third-order valence-electron chi connectivity index (χ3n) is 4.48. The first-order chi connectivity index (χ1) is 15.0. The second-order valence-electron chi connectivity index (χ2n) is 6.88. The lowest BCUT2D eigenvalue weighted by atomic mass is 10.1. The highest BCUT2D eigenvalue weighted by atomic mass is 32.2. The fourth-order valence-corrected chi connectivity index (χ4v) is 5.45. The summed E-state index contributed by atoms with van der Waals surface area (Å²) in [4.78, 5) is 35.7. The first-order valence-corrected chi connectivity index (χ1v) is 12.3. The lowest BCUT2D eigenvalue weighted by Gasteiger charge is -2.20. The molecule has 4 rings (SSSR count). The van der Waals surface area contributed by atoms with Crippen LogP contribution in [0, 0.1) is 13.8 Å². The van der Waals surface area contributed by atoms with Crippen LogP contribution >= 0.6 is 34.4 Å². The minimum atomic E-state index is -0.490. The Morgan fingerprint density at radius 2 is 1.90 bits per heavy atom. The van der Waals surface area contributed by atoms with Gasteiger partial charge in [-0.25, -0.2) is 15.0 Å². The molecule has 0 aliphatic carbocycles. The second kappa shape index (κ2) is 9.71. The number of ether oxygens (including phenoxy) is 1. The number of thioether (sulfide) groups is 1. The summed E-state index contributed by atoms with van der Waals surface area (Å²) in [5.74, 6) is -0.796. The average molecular weight is 473 g/mol. The molecular formula is C21H20N4O3S3. The van der Waals surface area contributed by atoms with E-state index in [1.54, 1.807) is 22.7 Å². The minimum absolute atomic E-state index is 0.0360. The Kier molecular flexibility index (Phi) is 6.79. The molecule has 1 aliphatic heterocycles. The lowest BCUT2D eigenvalue weighted by molar-refractivity contribution is -0.150. The fraction of sp³-hybridized carbons (Fsp3) is 0.286. The van der Waals surface area contributed by atoms with Crippen LogP contribution in [0.2, 0.25) is 0 Å². The summed E-state index contributed by atoms with van der Waals surface area (Å²) in [6.45, 7) is 3.40. The van der Waals surface area contributed by atoms with E-state index < -0.39 is 5.97 Å². The number of rotatable bonds is 7. The summed E-state index contributed by atoms with van der Waals surface area (Å²) in [5.41, 5.74) is 2.55. The normalized spacial score (nSPS) is 15.7. The number of carbonyl (C=O) groups excluding carboxylic acids is 2. The van der Waals surface area contributed by atoms with E-state index in [0.29, 0.717) is 11.6 Å². The number of hydrazone groups is 1. The molecule has 4 heterocycles. The van der Waals surface area contributed by atoms with Gasteiger partial charge in [-0.2, -0.15) is 5.10 Å². The third kappa shape index (κ3) is 5.38. The summed E-state index contributed by atoms with van der Waals surface area (Å²) in [6.07, 6.45) is 0.639. The van der Waals surface area contributed by atoms with Gasteiger partial charge in [0.2, 0.25) is 0 Å². The maximum atomic E-state index is 12.9. The van der Waals surface area contributed by atoms with Gasteiger partial charge >= 0.3 is 5.97 Å². The van der Waals surface area contributed by atoms with Crippen molar-refractivity contribution in [3.63, 3.8) is 0 Å². The van der Waals surface area contributed by atoms with Crippen LogP contribution in [0.4, 0.5) is 0 Å². The van der Waals surface area contributed by atoms with Crippen molar-refractivity contribution in [2.45, 2.75) is 31.5 Å². The number of thiophene rings is 2. The number of aryl methyl sites for hydroxylation is 2. The van der Waals surface area contributed by atoms with Gasteiger partial charge in [-0.05, 0) is 42.8 Å². The molecule has 0 spiro atoms. The van der Waals surface area contributed by atoms with E-state index in [9.17, 15) is 9.59 Å². The van der Waals surface area contributed by atoms with E-state index >= 15 is 0 Å². The molecule has 10 heteroatoms. The lowest BCUT2D eigenvalue weighted by Crippen LogP contribution is -2.31. The third-order valence-corrected chi connectivity index (χ3v) is 7.19. The number of carbonyl (C=O) groups is 2. The van der Waals surface area contributed by atoms with E-state index in [1.165, 1.54) is 16.8 Å². The molecule has 7 nitrogen and oxygen atoms in total. The van der Waals surface area contributed by atoms with Gasteiger partial charge in [-0.3, -0.25) is 9.59 Å². The zero-order valence-corrected chi connectivity index (χ0v) is 19.4. The van der Waals surface area contributed by atoms with Crippen molar-refractivity contribution in [3.05, 3.63) is 62.2 Å². The van der Waals surface area contributed by atoms with Crippen LogP contribution in [0.25, 0.3) is 0 Å². The molecule has 31 heavy (non-hydrogen) atoms. The number of hydrogen-bond donors (Lipinski definition) is 0. The van der Waals surface area contributed by atoms with Gasteiger partial charge in [-0.15, -0.1) is 22.7 Å². The molecule has 0 fully saturated rings. The Morgan fingerprint density at radius 1 is 1.16 bits per heavy atom. The standard InChI is InChI=1S/C21H20N4O3S3/c1-13-9-14(2)23-21(22-13)31-12-20(27)28-11-19(26)25-16(18-6-4-8-30-18)10-15(24-25)17-5-3-7-29-17/h3-9,16H,10-12H2,1-2H3. The summed E-state index contributed by atoms with van der Waals surface area (Å²) in [7, 11) is 0. The van der Waals surface area contributed by atoms with E-state index in [4.69, 9.17) is 4.74 Å². The molecule has 0 radical (unpaired) electrons. The maximum absolute atomic E-state index is 12.9. The van der Waals surface area contributed by atoms with Gasteiger partial charge in [0.15, 0.2) is 11.8 Å². The van der Waals surface area contributed by atoms with Crippen LogP contribution in [0.15, 0.2) is 51.3 Å². The van der Waals surface area contributed by atoms with Crippen molar-refractivity contribution in [1.29, 1.82) is 0 Å². The Morgan fingerprint density at radius 3 is 2.58 bits per heavy atom. The van der Waals surface area contributed by atoms with Gasteiger partial charge < -0.3 is 4.74 Å². The molecule has 0 saturated carbocycles. The summed E-state index contributed by atoms with van der Waals surface area (Å²) >= 11 is 4.37. The quantitative estimate of drug-likeness (QED) is 0.291. The molecule has 0 bridgehead atoms. The monoisotopic (exact) mass is 472 g/mol. The Labute approximate surface area is 192 Å². The van der Waals surface area contributed by atoms with Gasteiger partial charge in [0.05, 0.1) is 22.4 Å². The molecular weight excluding hydrogens is 452 g/mol. The minimum Gasteiger partial charge on any atom is -0.455 e. The highest BCUT2D eigenvalue weighted by Crippen LogP contribution is 2.35. The van der Waals surface area contributed by atoms with Crippen molar-refractivity contribution in [2.24, 2.45) is 5.10 Å². The molecule has 1 aliphatic rings. The van der Waals surface area contributed by atoms with Crippen molar-refractivity contribution in [3.8, 4) is 0 Å². The number of hydrogen-bond acceptors (Lipinski definition) is 9.